The highest BCUT2D eigenvalue weighted by Crippen LogP contribution is 2.41. The Bertz CT molecular complexity index is 639. The molecule has 1 heterocycles. The van der Waals surface area contributed by atoms with Crippen LogP contribution in [0.3, 0.4) is 0 Å². The van der Waals surface area contributed by atoms with E-state index >= 15 is 0 Å². The van der Waals surface area contributed by atoms with Crippen molar-refractivity contribution in [3.05, 3.63) is 35.6 Å². The molecule has 0 amide bonds. The number of aryl methyl sites for hydroxylation is 1. The SMILES string of the molecule is Cc1[o+]c2ccccc2c(O[Si](C)(C)C(C)(C)C)c1C. The van der Waals surface area contributed by atoms with Gasteiger partial charge in [0, 0.05) is 6.07 Å². The highest BCUT2D eigenvalue weighted by molar-refractivity contribution is 6.74. The van der Waals surface area contributed by atoms with Gasteiger partial charge in [0.2, 0.25) is 0 Å². The molecule has 1 aromatic heterocycles. The molecule has 0 fully saturated rings. The van der Waals surface area contributed by atoms with Crippen LogP contribution in [-0.2, 0) is 0 Å². The summed E-state index contributed by atoms with van der Waals surface area (Å²) in [7, 11) is -1.86. The zero-order valence-corrected chi connectivity index (χ0v) is 14.6. The van der Waals surface area contributed by atoms with Crippen LogP contribution in [0.1, 0.15) is 32.1 Å². The van der Waals surface area contributed by atoms with Crippen LogP contribution in [0, 0.1) is 13.8 Å². The van der Waals surface area contributed by atoms with Gasteiger partial charge in [0.15, 0.2) is 0 Å². The number of hydrogen-bond acceptors (Lipinski definition) is 1. The summed E-state index contributed by atoms with van der Waals surface area (Å²) >= 11 is 0. The number of fused-ring (bicyclic) bond motifs is 1. The number of hydrogen-bond donors (Lipinski definition) is 0. The van der Waals surface area contributed by atoms with Gasteiger partial charge in [-0.15, -0.1) is 0 Å². The van der Waals surface area contributed by atoms with Crippen molar-refractivity contribution < 1.29 is 8.84 Å². The van der Waals surface area contributed by atoms with E-state index in [-0.39, 0.29) is 5.04 Å². The van der Waals surface area contributed by atoms with E-state index < -0.39 is 8.32 Å². The van der Waals surface area contributed by atoms with E-state index in [4.69, 9.17) is 8.84 Å². The summed E-state index contributed by atoms with van der Waals surface area (Å²) < 4.78 is 12.4. The van der Waals surface area contributed by atoms with Crippen molar-refractivity contribution in [1.29, 1.82) is 0 Å². The summed E-state index contributed by atoms with van der Waals surface area (Å²) in [5.41, 5.74) is 2.00. The molecular formula is C17H25O2Si+. The van der Waals surface area contributed by atoms with Crippen molar-refractivity contribution in [2.24, 2.45) is 0 Å². The van der Waals surface area contributed by atoms with Crippen LogP contribution >= 0.6 is 0 Å². The second kappa shape index (κ2) is 4.88. The molecule has 0 unspecified atom stereocenters. The van der Waals surface area contributed by atoms with E-state index in [0.29, 0.717) is 0 Å². The second-order valence-electron chi connectivity index (χ2n) is 6.97. The first-order valence-electron chi connectivity index (χ1n) is 7.14. The van der Waals surface area contributed by atoms with Gasteiger partial charge in [-0.2, -0.15) is 0 Å². The molecule has 0 spiro atoms. The van der Waals surface area contributed by atoms with Crippen molar-refractivity contribution in [1.82, 2.24) is 0 Å². The topological polar surface area (TPSA) is 20.5 Å². The average Bonchev–Trinajstić information content (AvgIpc) is 2.33. The van der Waals surface area contributed by atoms with Gasteiger partial charge in [0.1, 0.15) is 11.1 Å². The van der Waals surface area contributed by atoms with Crippen LogP contribution in [0.5, 0.6) is 5.75 Å². The van der Waals surface area contributed by atoms with Crippen LogP contribution < -0.4 is 4.43 Å². The molecule has 0 saturated carbocycles. The van der Waals surface area contributed by atoms with E-state index in [9.17, 15) is 0 Å². The van der Waals surface area contributed by atoms with Crippen LogP contribution in [0.25, 0.3) is 11.0 Å². The molecule has 2 rings (SSSR count). The fraction of sp³-hybridized carbons (Fsp3) is 0.471. The highest BCUT2D eigenvalue weighted by atomic mass is 28.4. The molecule has 0 aliphatic rings. The average molecular weight is 289 g/mol. The summed E-state index contributed by atoms with van der Waals surface area (Å²) in [6, 6.07) is 8.11. The Morgan fingerprint density at radius 1 is 1.05 bits per heavy atom. The molecule has 2 nitrogen and oxygen atoms in total. The monoisotopic (exact) mass is 289 g/mol. The molecule has 0 aliphatic carbocycles. The first kappa shape index (κ1) is 15.0. The summed E-state index contributed by atoms with van der Waals surface area (Å²) in [4.78, 5) is 0. The third-order valence-corrected chi connectivity index (χ3v) is 8.75. The highest BCUT2D eigenvalue weighted by Gasteiger charge is 2.40. The number of benzene rings is 1. The normalized spacial score (nSPS) is 12.8. The Kier molecular flexibility index (Phi) is 3.67. The van der Waals surface area contributed by atoms with Crippen LogP contribution in [0.2, 0.25) is 18.1 Å². The largest absolute Gasteiger partial charge is 0.542 e. The van der Waals surface area contributed by atoms with E-state index in [1.807, 2.05) is 25.1 Å². The first-order chi connectivity index (χ1) is 9.13. The minimum atomic E-state index is -1.86. The van der Waals surface area contributed by atoms with Gasteiger partial charge in [0.05, 0.1) is 12.5 Å². The van der Waals surface area contributed by atoms with Gasteiger partial charge in [-0.1, -0.05) is 32.9 Å². The summed E-state index contributed by atoms with van der Waals surface area (Å²) in [5.74, 6) is 1.92. The lowest BCUT2D eigenvalue weighted by Crippen LogP contribution is -2.44. The smallest absolute Gasteiger partial charge is 0.363 e. The molecule has 0 N–H and O–H groups in total. The molecule has 108 valence electrons. The molecule has 3 heteroatoms. The van der Waals surface area contributed by atoms with Crippen LogP contribution in [0.15, 0.2) is 28.7 Å². The summed E-state index contributed by atoms with van der Waals surface area (Å²) in [6.45, 7) is 15.4. The maximum absolute atomic E-state index is 6.57. The molecular weight excluding hydrogens is 264 g/mol. The third-order valence-electron chi connectivity index (χ3n) is 4.43. The van der Waals surface area contributed by atoms with Gasteiger partial charge in [-0.05, 0) is 31.1 Å². The lowest BCUT2D eigenvalue weighted by molar-refractivity contribution is 0.481. The zero-order valence-electron chi connectivity index (χ0n) is 13.6. The minimum absolute atomic E-state index is 0.182. The summed E-state index contributed by atoms with van der Waals surface area (Å²) in [6.07, 6.45) is 0. The fourth-order valence-corrected chi connectivity index (χ4v) is 2.97. The van der Waals surface area contributed by atoms with Gasteiger partial charge >= 0.3 is 11.3 Å². The second-order valence-corrected chi connectivity index (χ2v) is 11.7. The first-order valence-corrected chi connectivity index (χ1v) is 10.1. The lowest BCUT2D eigenvalue weighted by atomic mass is 10.1. The third kappa shape index (κ3) is 2.59. The van der Waals surface area contributed by atoms with Gasteiger partial charge in [-0.25, -0.2) is 4.42 Å². The number of rotatable bonds is 2. The molecule has 0 atom stereocenters. The molecule has 2 aromatic rings. The Morgan fingerprint density at radius 2 is 1.65 bits per heavy atom. The maximum atomic E-state index is 6.57. The van der Waals surface area contributed by atoms with Crippen molar-refractivity contribution in [2.45, 2.75) is 52.8 Å². The van der Waals surface area contributed by atoms with Crippen molar-refractivity contribution in [2.75, 3.05) is 0 Å². The predicted molar refractivity (Wildman–Crippen MR) is 87.9 cm³/mol. The molecule has 0 bridgehead atoms. The Labute approximate surface area is 122 Å². The van der Waals surface area contributed by atoms with E-state index in [0.717, 1.165) is 28.0 Å². The fourth-order valence-electron chi connectivity index (χ4n) is 1.89. The van der Waals surface area contributed by atoms with Crippen LogP contribution in [-0.4, -0.2) is 8.32 Å². The number of para-hydroxylation sites is 1. The van der Waals surface area contributed by atoms with E-state index in [1.165, 1.54) is 0 Å². The maximum Gasteiger partial charge on any atom is 0.363 e. The minimum Gasteiger partial charge on any atom is -0.542 e. The molecule has 0 saturated heterocycles. The van der Waals surface area contributed by atoms with Gasteiger partial charge in [-0.3, -0.25) is 0 Å². The van der Waals surface area contributed by atoms with Crippen molar-refractivity contribution in [3.63, 3.8) is 0 Å². The predicted octanol–water partition coefficient (Wildman–Crippen LogP) is 5.71. The standard InChI is InChI=1S/C17H25O2Si/c1-12-13(2)18-15-11-9-8-10-14(15)16(12)19-20(6,7)17(3,4)5/h8-11H,1-7H3/q+1. The van der Waals surface area contributed by atoms with E-state index in [2.05, 4.69) is 46.9 Å². The lowest BCUT2D eigenvalue weighted by Gasteiger charge is -2.36. The Hall–Kier alpha value is -1.35. The van der Waals surface area contributed by atoms with Crippen molar-refractivity contribution in [3.8, 4) is 5.75 Å². The molecule has 0 radical (unpaired) electrons. The Morgan fingerprint density at radius 3 is 2.25 bits per heavy atom. The zero-order chi connectivity index (χ0) is 15.1. The molecule has 20 heavy (non-hydrogen) atoms. The molecule has 0 aliphatic heterocycles. The quantitative estimate of drug-likeness (QED) is 0.521. The van der Waals surface area contributed by atoms with Crippen LogP contribution in [0.4, 0.5) is 0 Å². The summed E-state index contributed by atoms with van der Waals surface area (Å²) in [5, 5.41) is 1.25. The Balaban J connectivity index is 2.62. The molecule has 1 aromatic carbocycles. The van der Waals surface area contributed by atoms with Gasteiger partial charge in [0.25, 0.3) is 8.32 Å². The van der Waals surface area contributed by atoms with E-state index in [1.54, 1.807) is 0 Å². The van der Waals surface area contributed by atoms with Crippen molar-refractivity contribution >= 4 is 19.3 Å². The van der Waals surface area contributed by atoms with Gasteiger partial charge < -0.3 is 4.43 Å².